The molecule has 0 bridgehead atoms. The number of phenols is 1. The first kappa shape index (κ1) is 28.4. The lowest BCUT2D eigenvalue weighted by atomic mass is 10.0. The molecule has 0 atom stereocenters. The molecule has 0 radical (unpaired) electrons. The van der Waals surface area contributed by atoms with E-state index in [1.807, 2.05) is 66.7 Å². The van der Waals surface area contributed by atoms with Crippen LogP contribution in [-0.4, -0.2) is 41.2 Å². The second-order valence-electron chi connectivity index (χ2n) is 9.48. The van der Waals surface area contributed by atoms with Crippen molar-refractivity contribution in [1.29, 1.82) is 0 Å². The summed E-state index contributed by atoms with van der Waals surface area (Å²) in [5, 5.41) is 15.4. The van der Waals surface area contributed by atoms with Gasteiger partial charge in [0.15, 0.2) is 6.61 Å². The summed E-state index contributed by atoms with van der Waals surface area (Å²) in [6.07, 6.45) is 3.84. The Morgan fingerprint density at radius 1 is 0.952 bits per heavy atom. The van der Waals surface area contributed by atoms with Crippen molar-refractivity contribution in [2.75, 3.05) is 13.2 Å². The maximum absolute atomic E-state index is 13.3. The Bertz CT molecular complexity index is 1700. The zero-order valence-corrected chi connectivity index (χ0v) is 23.3. The molecular formula is C33H28ClN3O5. The van der Waals surface area contributed by atoms with Gasteiger partial charge in [-0.1, -0.05) is 66.2 Å². The SMILES string of the molecule is O=C(NN=Cc1ccc(OCC(=O)N(CCc2ccccc2)Cc2ccco2)c2ccccc12)c1ccc(O)c(Cl)c1. The highest BCUT2D eigenvalue weighted by Gasteiger charge is 2.17. The van der Waals surface area contributed by atoms with Crippen molar-refractivity contribution in [3.8, 4) is 11.5 Å². The van der Waals surface area contributed by atoms with Crippen molar-refractivity contribution in [3.63, 3.8) is 0 Å². The smallest absolute Gasteiger partial charge is 0.271 e. The molecule has 1 heterocycles. The molecule has 0 spiro atoms. The van der Waals surface area contributed by atoms with Crippen LogP contribution in [0.5, 0.6) is 11.5 Å². The molecule has 2 N–H and O–H groups in total. The zero-order chi connectivity index (χ0) is 29.3. The second kappa shape index (κ2) is 13.5. The Balaban J connectivity index is 1.27. The molecule has 0 saturated heterocycles. The van der Waals surface area contributed by atoms with Crippen LogP contribution in [0.3, 0.4) is 0 Å². The topological polar surface area (TPSA) is 104 Å². The van der Waals surface area contributed by atoms with Gasteiger partial charge < -0.3 is 19.2 Å². The Hall–Kier alpha value is -5.08. The average Bonchev–Trinajstić information content (AvgIpc) is 3.53. The number of ether oxygens (including phenoxy) is 1. The van der Waals surface area contributed by atoms with Crippen LogP contribution in [0, 0.1) is 0 Å². The van der Waals surface area contributed by atoms with Gasteiger partial charge in [0, 0.05) is 23.1 Å². The fourth-order valence-corrected chi connectivity index (χ4v) is 4.61. The highest BCUT2D eigenvalue weighted by Crippen LogP contribution is 2.28. The number of amides is 2. The molecule has 0 aliphatic heterocycles. The van der Waals surface area contributed by atoms with Crippen LogP contribution in [0.4, 0.5) is 0 Å². The number of hydrogen-bond donors (Lipinski definition) is 2. The first-order valence-corrected chi connectivity index (χ1v) is 13.7. The van der Waals surface area contributed by atoms with Crippen molar-refractivity contribution < 1.29 is 23.8 Å². The van der Waals surface area contributed by atoms with Crippen molar-refractivity contribution in [2.24, 2.45) is 5.10 Å². The molecule has 0 aliphatic carbocycles. The number of nitrogens with one attached hydrogen (secondary N) is 1. The second-order valence-corrected chi connectivity index (χ2v) is 9.89. The molecule has 212 valence electrons. The number of carbonyl (C=O) groups excluding carboxylic acids is 2. The minimum Gasteiger partial charge on any atom is -0.506 e. The molecule has 2 amide bonds. The number of benzene rings is 4. The Morgan fingerprint density at radius 3 is 2.50 bits per heavy atom. The number of furan rings is 1. The number of carbonyl (C=O) groups is 2. The lowest BCUT2D eigenvalue weighted by Gasteiger charge is -2.22. The van der Waals surface area contributed by atoms with Crippen molar-refractivity contribution in [2.45, 2.75) is 13.0 Å². The number of phenolic OH excluding ortho intramolecular Hbond substituents is 1. The number of nitrogens with zero attached hydrogens (tertiary/aromatic N) is 2. The predicted octanol–water partition coefficient (Wildman–Crippen LogP) is 6.21. The summed E-state index contributed by atoms with van der Waals surface area (Å²) in [5.41, 5.74) is 4.62. The Labute approximate surface area is 247 Å². The first-order chi connectivity index (χ1) is 20.5. The number of fused-ring (bicyclic) bond motifs is 1. The molecule has 0 aliphatic rings. The van der Waals surface area contributed by atoms with Crippen LogP contribution in [0.25, 0.3) is 10.8 Å². The molecule has 8 nitrogen and oxygen atoms in total. The van der Waals surface area contributed by atoms with E-state index in [1.165, 1.54) is 24.4 Å². The quantitative estimate of drug-likeness (QED) is 0.143. The molecule has 5 rings (SSSR count). The van der Waals surface area contributed by atoms with Gasteiger partial charge >= 0.3 is 0 Å². The summed E-state index contributed by atoms with van der Waals surface area (Å²) >= 11 is 5.89. The van der Waals surface area contributed by atoms with E-state index in [9.17, 15) is 14.7 Å². The van der Waals surface area contributed by atoms with E-state index in [4.69, 9.17) is 20.8 Å². The predicted molar refractivity (Wildman–Crippen MR) is 162 cm³/mol. The lowest BCUT2D eigenvalue weighted by Crippen LogP contribution is -2.36. The molecule has 0 fully saturated rings. The summed E-state index contributed by atoms with van der Waals surface area (Å²) in [6, 6.07) is 29.0. The number of rotatable bonds is 11. The largest absolute Gasteiger partial charge is 0.506 e. The van der Waals surface area contributed by atoms with Gasteiger partial charge in [0.1, 0.15) is 17.3 Å². The Kier molecular flexibility index (Phi) is 9.16. The first-order valence-electron chi connectivity index (χ1n) is 13.3. The molecule has 0 unspecified atom stereocenters. The lowest BCUT2D eigenvalue weighted by molar-refractivity contribution is -0.134. The van der Waals surface area contributed by atoms with Gasteiger partial charge in [-0.25, -0.2) is 5.43 Å². The van der Waals surface area contributed by atoms with E-state index in [2.05, 4.69) is 10.5 Å². The van der Waals surface area contributed by atoms with E-state index >= 15 is 0 Å². The molecule has 5 aromatic rings. The van der Waals surface area contributed by atoms with Crippen LogP contribution < -0.4 is 10.2 Å². The van der Waals surface area contributed by atoms with Gasteiger partial charge in [0.25, 0.3) is 11.8 Å². The molecule has 42 heavy (non-hydrogen) atoms. The number of halogens is 1. The van der Waals surface area contributed by atoms with E-state index in [-0.39, 0.29) is 28.8 Å². The monoisotopic (exact) mass is 581 g/mol. The van der Waals surface area contributed by atoms with Crippen LogP contribution in [0.2, 0.25) is 5.02 Å². The third kappa shape index (κ3) is 7.16. The molecule has 1 aromatic heterocycles. The number of hydrazone groups is 1. The van der Waals surface area contributed by atoms with Gasteiger partial charge in [-0.3, -0.25) is 9.59 Å². The van der Waals surface area contributed by atoms with E-state index < -0.39 is 5.91 Å². The maximum Gasteiger partial charge on any atom is 0.271 e. The van der Waals surface area contributed by atoms with Gasteiger partial charge in [-0.2, -0.15) is 5.10 Å². The van der Waals surface area contributed by atoms with Gasteiger partial charge in [-0.05, 0) is 59.8 Å². The minimum atomic E-state index is -0.470. The van der Waals surface area contributed by atoms with Gasteiger partial charge in [0.05, 0.1) is 24.0 Å². The summed E-state index contributed by atoms with van der Waals surface area (Å²) in [6.45, 7) is 0.726. The molecule has 9 heteroatoms. The van der Waals surface area contributed by atoms with Gasteiger partial charge in [0.2, 0.25) is 0 Å². The van der Waals surface area contributed by atoms with E-state index in [0.717, 1.165) is 21.9 Å². The van der Waals surface area contributed by atoms with Crippen LogP contribution in [0.1, 0.15) is 27.2 Å². The summed E-state index contributed by atoms with van der Waals surface area (Å²) in [7, 11) is 0. The number of aromatic hydroxyl groups is 1. The zero-order valence-electron chi connectivity index (χ0n) is 22.6. The minimum absolute atomic E-state index is 0.0759. The Morgan fingerprint density at radius 2 is 1.74 bits per heavy atom. The fraction of sp³-hybridized carbons (Fsp3) is 0.121. The fourth-order valence-electron chi connectivity index (χ4n) is 4.43. The van der Waals surface area contributed by atoms with E-state index in [0.29, 0.717) is 31.0 Å². The van der Waals surface area contributed by atoms with Crippen LogP contribution in [-0.2, 0) is 17.8 Å². The van der Waals surface area contributed by atoms with Crippen LogP contribution >= 0.6 is 11.6 Å². The van der Waals surface area contributed by atoms with Crippen molar-refractivity contribution in [3.05, 3.63) is 131 Å². The molecule has 4 aromatic carbocycles. The number of hydrogen-bond acceptors (Lipinski definition) is 6. The highest BCUT2D eigenvalue weighted by atomic mass is 35.5. The summed E-state index contributed by atoms with van der Waals surface area (Å²) in [4.78, 5) is 27.5. The maximum atomic E-state index is 13.3. The third-order valence-corrected chi connectivity index (χ3v) is 6.94. The molecule has 0 saturated carbocycles. The molecular weight excluding hydrogens is 554 g/mol. The van der Waals surface area contributed by atoms with Crippen LogP contribution in [0.15, 0.2) is 113 Å². The summed E-state index contributed by atoms with van der Waals surface area (Å²) < 4.78 is 11.5. The standard InChI is InChI=1S/C33H28ClN3O5/c34-29-19-24(12-14-30(29)38)33(40)36-35-20-25-13-15-31(28-11-5-4-10-27(25)28)42-22-32(39)37(21-26-9-6-18-41-26)17-16-23-7-2-1-3-8-23/h1-15,18-20,38H,16-17,21-22H2,(H,36,40). The van der Waals surface area contributed by atoms with Gasteiger partial charge in [-0.15, -0.1) is 0 Å². The van der Waals surface area contributed by atoms with Crippen molar-refractivity contribution in [1.82, 2.24) is 10.3 Å². The third-order valence-electron chi connectivity index (χ3n) is 6.64. The highest BCUT2D eigenvalue weighted by molar-refractivity contribution is 6.32. The summed E-state index contributed by atoms with van der Waals surface area (Å²) in [5.74, 6) is 0.520. The normalized spacial score (nSPS) is 11.1. The van der Waals surface area contributed by atoms with E-state index in [1.54, 1.807) is 23.3 Å². The van der Waals surface area contributed by atoms with Crippen molar-refractivity contribution >= 4 is 40.4 Å². The average molecular weight is 582 g/mol.